The van der Waals surface area contributed by atoms with Crippen molar-refractivity contribution in [2.75, 3.05) is 0 Å². The molecule has 4 aliphatic carbocycles. The molecule has 0 amide bonds. The highest BCUT2D eigenvalue weighted by Gasteiger charge is 2.68. The summed E-state index contributed by atoms with van der Waals surface area (Å²) in [5, 5.41) is 5.57. The Labute approximate surface area is 254 Å². The van der Waals surface area contributed by atoms with Gasteiger partial charge >= 0.3 is 0 Å². The zero-order valence-electron chi connectivity index (χ0n) is 23.9. The van der Waals surface area contributed by atoms with Crippen LogP contribution in [-0.2, 0) is 17.3 Å². The molecule has 0 radical (unpaired) electrons. The second-order valence-electron chi connectivity index (χ2n) is 13.1. The van der Waals surface area contributed by atoms with Crippen molar-refractivity contribution >= 4 is 32.6 Å². The van der Waals surface area contributed by atoms with Crippen LogP contribution in [0, 0.1) is 0 Å². The molecule has 0 fully saturated rings. The SMILES string of the molecule is c1ccc(-n2c3cccc4c3c3c(cccc32)C23c5cccc6c5-c5c(cccc5C42c2cccc4cccc3c24)C6)cc1. The Bertz CT molecular complexity index is 2480. The minimum atomic E-state index is -0.402. The van der Waals surface area contributed by atoms with E-state index in [-0.39, 0.29) is 0 Å². The third-order valence-corrected chi connectivity index (χ3v) is 11.7. The summed E-state index contributed by atoms with van der Waals surface area (Å²) in [4.78, 5) is 0. The van der Waals surface area contributed by atoms with Gasteiger partial charge in [0.15, 0.2) is 0 Å². The molecule has 2 atom stereocenters. The molecular formula is C43H25N. The predicted molar refractivity (Wildman–Crippen MR) is 179 cm³/mol. The van der Waals surface area contributed by atoms with Crippen molar-refractivity contribution in [2.24, 2.45) is 0 Å². The maximum Gasteiger partial charge on any atom is 0.0648 e. The van der Waals surface area contributed by atoms with Crippen molar-refractivity contribution in [3.8, 4) is 16.8 Å². The first kappa shape index (κ1) is 22.2. The summed E-state index contributed by atoms with van der Waals surface area (Å²) in [6.07, 6.45) is 1.01. The number of rotatable bonds is 1. The summed E-state index contributed by atoms with van der Waals surface area (Å²) < 4.78 is 2.50. The molecule has 0 aliphatic heterocycles. The molecule has 0 bridgehead atoms. The van der Waals surface area contributed by atoms with Gasteiger partial charge in [-0.25, -0.2) is 0 Å². The van der Waals surface area contributed by atoms with Crippen LogP contribution in [-0.4, -0.2) is 4.57 Å². The lowest BCUT2D eigenvalue weighted by Crippen LogP contribution is -2.53. The highest BCUT2D eigenvalue weighted by Crippen LogP contribution is 2.74. The van der Waals surface area contributed by atoms with Crippen LogP contribution < -0.4 is 0 Å². The van der Waals surface area contributed by atoms with Gasteiger partial charge in [0.05, 0.1) is 21.9 Å². The van der Waals surface area contributed by atoms with E-state index in [1.54, 1.807) is 0 Å². The second kappa shape index (κ2) is 7.04. The van der Waals surface area contributed by atoms with Crippen LogP contribution in [0.15, 0.2) is 140 Å². The molecule has 0 saturated carbocycles. The van der Waals surface area contributed by atoms with E-state index in [1.807, 2.05) is 0 Å². The maximum absolute atomic E-state index is 2.50. The first-order valence-electron chi connectivity index (χ1n) is 15.8. The summed E-state index contributed by atoms with van der Waals surface area (Å²) in [5.41, 5.74) is 17.6. The van der Waals surface area contributed by atoms with Gasteiger partial charge in [-0.2, -0.15) is 0 Å². The van der Waals surface area contributed by atoms with Crippen LogP contribution in [0.4, 0.5) is 0 Å². The van der Waals surface area contributed by atoms with Crippen LogP contribution in [0.3, 0.4) is 0 Å². The molecule has 202 valence electrons. The van der Waals surface area contributed by atoms with Gasteiger partial charge in [-0.3, -0.25) is 0 Å². The zero-order chi connectivity index (χ0) is 28.4. The van der Waals surface area contributed by atoms with E-state index >= 15 is 0 Å². The average Bonchev–Trinajstić information content (AvgIpc) is 3.72. The number of benzene rings is 7. The van der Waals surface area contributed by atoms with Crippen LogP contribution in [0.1, 0.15) is 44.5 Å². The molecular weight excluding hydrogens is 530 g/mol. The fourth-order valence-electron chi connectivity index (χ4n) is 10.6. The van der Waals surface area contributed by atoms with E-state index in [2.05, 4.69) is 144 Å². The Morgan fingerprint density at radius 3 is 1.39 bits per heavy atom. The fraction of sp³-hybridized carbons (Fsp3) is 0.0698. The van der Waals surface area contributed by atoms with Gasteiger partial charge in [-0.05, 0) is 97.1 Å². The Morgan fingerprint density at radius 2 is 0.841 bits per heavy atom. The molecule has 1 heteroatoms. The zero-order valence-corrected chi connectivity index (χ0v) is 23.9. The third-order valence-electron chi connectivity index (χ3n) is 11.7. The maximum atomic E-state index is 2.50. The van der Waals surface area contributed by atoms with Crippen molar-refractivity contribution < 1.29 is 0 Å². The Hall–Kier alpha value is -5.40. The molecule has 1 heterocycles. The quantitative estimate of drug-likeness (QED) is 0.190. The summed E-state index contributed by atoms with van der Waals surface area (Å²) in [5.74, 6) is 0. The van der Waals surface area contributed by atoms with Crippen LogP contribution in [0.5, 0.6) is 0 Å². The predicted octanol–water partition coefficient (Wildman–Crippen LogP) is 9.82. The average molecular weight is 556 g/mol. The minimum absolute atomic E-state index is 0.402. The molecule has 0 N–H and O–H groups in total. The molecule has 1 nitrogen and oxygen atoms in total. The van der Waals surface area contributed by atoms with Gasteiger partial charge in [0, 0.05) is 16.5 Å². The molecule has 0 spiro atoms. The van der Waals surface area contributed by atoms with Gasteiger partial charge in [0.2, 0.25) is 0 Å². The first-order valence-corrected chi connectivity index (χ1v) is 15.8. The largest absolute Gasteiger partial charge is 0.309 e. The van der Waals surface area contributed by atoms with Crippen molar-refractivity contribution in [2.45, 2.75) is 17.3 Å². The summed E-state index contributed by atoms with van der Waals surface area (Å²) >= 11 is 0. The Balaban J connectivity index is 1.44. The van der Waals surface area contributed by atoms with Crippen molar-refractivity contribution in [3.63, 3.8) is 0 Å². The van der Waals surface area contributed by atoms with Crippen molar-refractivity contribution in [1.29, 1.82) is 0 Å². The van der Waals surface area contributed by atoms with E-state index in [0.717, 1.165) is 6.42 Å². The number of hydrogen-bond acceptors (Lipinski definition) is 0. The van der Waals surface area contributed by atoms with Gasteiger partial charge in [0.25, 0.3) is 0 Å². The molecule has 0 saturated heterocycles. The molecule has 4 aliphatic rings. The highest BCUT2D eigenvalue weighted by molar-refractivity contribution is 6.19. The lowest BCUT2D eigenvalue weighted by molar-refractivity contribution is 0.439. The monoisotopic (exact) mass is 555 g/mol. The van der Waals surface area contributed by atoms with Gasteiger partial charge in [0.1, 0.15) is 0 Å². The first-order chi connectivity index (χ1) is 21.8. The van der Waals surface area contributed by atoms with Gasteiger partial charge in [-0.1, -0.05) is 115 Å². The lowest BCUT2D eigenvalue weighted by atomic mass is 9.44. The minimum Gasteiger partial charge on any atom is -0.309 e. The number of aromatic nitrogens is 1. The number of nitrogens with zero attached hydrogens (tertiary/aromatic N) is 1. The molecule has 12 rings (SSSR count). The van der Waals surface area contributed by atoms with Crippen molar-refractivity contribution in [1.82, 2.24) is 4.57 Å². The van der Waals surface area contributed by atoms with E-state index in [1.165, 1.54) is 93.9 Å². The van der Waals surface area contributed by atoms with E-state index in [9.17, 15) is 0 Å². The van der Waals surface area contributed by atoms with Crippen LogP contribution in [0.2, 0.25) is 0 Å². The van der Waals surface area contributed by atoms with Gasteiger partial charge in [-0.15, -0.1) is 0 Å². The van der Waals surface area contributed by atoms with Crippen LogP contribution in [0.25, 0.3) is 49.4 Å². The lowest BCUT2D eigenvalue weighted by Gasteiger charge is -2.55. The fourth-order valence-corrected chi connectivity index (χ4v) is 10.6. The smallest absolute Gasteiger partial charge is 0.0648 e. The van der Waals surface area contributed by atoms with Crippen LogP contribution >= 0.6 is 0 Å². The van der Waals surface area contributed by atoms with E-state index < -0.39 is 10.8 Å². The Kier molecular flexibility index (Phi) is 3.55. The Morgan fingerprint density at radius 1 is 0.386 bits per heavy atom. The van der Waals surface area contributed by atoms with E-state index in [4.69, 9.17) is 0 Å². The molecule has 2 unspecified atom stereocenters. The highest BCUT2D eigenvalue weighted by atomic mass is 15.0. The molecule has 44 heavy (non-hydrogen) atoms. The number of para-hydroxylation sites is 1. The molecule has 1 aromatic heterocycles. The summed E-state index contributed by atoms with van der Waals surface area (Å²) in [6.45, 7) is 0. The third kappa shape index (κ3) is 2.02. The number of hydrogen-bond donors (Lipinski definition) is 0. The summed E-state index contributed by atoms with van der Waals surface area (Å²) in [6, 6.07) is 53.7. The van der Waals surface area contributed by atoms with Gasteiger partial charge < -0.3 is 4.57 Å². The second-order valence-corrected chi connectivity index (χ2v) is 13.1. The topological polar surface area (TPSA) is 4.93 Å². The summed E-state index contributed by atoms with van der Waals surface area (Å²) in [7, 11) is 0. The van der Waals surface area contributed by atoms with Crippen molar-refractivity contribution in [3.05, 3.63) is 184 Å². The molecule has 8 aromatic rings. The normalized spacial score (nSPS) is 20.8. The molecule has 7 aromatic carbocycles. The standard InChI is InChI=1S/C43H25N/c1-2-14-28(15-3-1)44-35-22-8-20-33-40(35)41-34(21-9-23-36(41)44)43-30-17-5-11-25-10-4-16-29(37(25)30)42(33,43)31-18-6-12-26-24-27-13-7-19-32(43)39(27)38(26)31/h1-23H,24H2. The van der Waals surface area contributed by atoms with E-state index in [0.29, 0.717) is 0 Å².